The average molecular weight is 510 g/mol. The quantitative estimate of drug-likeness (QED) is 0.183. The number of hydrogen-bond donors (Lipinski definition) is 2. The maximum Gasteiger partial charge on any atom is 0.247 e. The molecule has 3 N–H and O–H groups in total. The van der Waals surface area contributed by atoms with E-state index in [0.29, 0.717) is 49.9 Å². The van der Waals surface area contributed by atoms with Crippen LogP contribution in [-0.2, 0) is 4.79 Å². The number of rotatable bonds is 10. The molecule has 198 valence electrons. The van der Waals surface area contributed by atoms with E-state index < -0.39 is 11.1 Å². The number of alkyl halides is 1. The van der Waals surface area contributed by atoms with Crippen molar-refractivity contribution in [3.8, 4) is 11.5 Å². The minimum atomic E-state index is -1.14. The van der Waals surface area contributed by atoms with E-state index in [2.05, 4.69) is 15.4 Å². The molecule has 0 saturated heterocycles. The smallest absolute Gasteiger partial charge is 0.247 e. The summed E-state index contributed by atoms with van der Waals surface area (Å²) in [6.45, 7) is 0.587. The van der Waals surface area contributed by atoms with Crippen LogP contribution in [0, 0.1) is 10.8 Å². The van der Waals surface area contributed by atoms with Gasteiger partial charge in [-0.2, -0.15) is 0 Å². The van der Waals surface area contributed by atoms with Crippen LogP contribution >= 0.6 is 0 Å². The maximum absolute atomic E-state index is 14.5. The van der Waals surface area contributed by atoms with Crippen LogP contribution in [0.1, 0.15) is 95.3 Å². The Bertz CT molecular complexity index is 1180. The van der Waals surface area contributed by atoms with Gasteiger partial charge in [-0.25, -0.2) is 4.39 Å². The van der Waals surface area contributed by atoms with Gasteiger partial charge in [0, 0.05) is 30.1 Å². The van der Waals surface area contributed by atoms with Crippen LogP contribution in [0.5, 0.6) is 0 Å². The van der Waals surface area contributed by atoms with Gasteiger partial charge in [0.2, 0.25) is 17.7 Å². The highest BCUT2D eigenvalue weighted by Gasteiger charge is 2.73. The fourth-order valence-corrected chi connectivity index (χ4v) is 6.93. The van der Waals surface area contributed by atoms with Gasteiger partial charge in [0.1, 0.15) is 11.5 Å². The topological polar surface area (TPSA) is 118 Å². The summed E-state index contributed by atoms with van der Waals surface area (Å²) in [5.41, 5.74) is 5.57. The second kappa shape index (κ2) is 9.10. The molecule has 1 aromatic heterocycles. The normalized spacial score (nSPS) is 28.3. The molecule has 1 aromatic carbocycles. The summed E-state index contributed by atoms with van der Waals surface area (Å²) in [5.74, 6) is 1.79. The lowest BCUT2D eigenvalue weighted by molar-refractivity contribution is -0.211. The van der Waals surface area contributed by atoms with Gasteiger partial charge in [0.25, 0.3) is 0 Å². The van der Waals surface area contributed by atoms with Gasteiger partial charge in [0.15, 0.2) is 0 Å². The fourth-order valence-electron chi connectivity index (χ4n) is 6.93. The number of carbonyl (C=O) groups excluding carboxylic acids is 1. The van der Waals surface area contributed by atoms with Gasteiger partial charge < -0.3 is 20.3 Å². The summed E-state index contributed by atoms with van der Waals surface area (Å²) in [6, 6.07) is 7.78. The van der Waals surface area contributed by atoms with Crippen molar-refractivity contribution in [2.75, 3.05) is 11.4 Å². The summed E-state index contributed by atoms with van der Waals surface area (Å²) in [7, 11) is 0. The Morgan fingerprint density at radius 1 is 1.19 bits per heavy atom. The Morgan fingerprint density at radius 2 is 1.95 bits per heavy atom. The van der Waals surface area contributed by atoms with E-state index in [0.717, 1.165) is 62.6 Å². The molecule has 9 heteroatoms. The van der Waals surface area contributed by atoms with Crippen molar-refractivity contribution in [3.05, 3.63) is 30.2 Å². The van der Waals surface area contributed by atoms with Crippen molar-refractivity contribution in [2.24, 2.45) is 21.7 Å². The monoisotopic (exact) mass is 509 g/mol. The first-order valence-electron chi connectivity index (χ1n) is 13.7. The number of oxime groups is 1. The lowest BCUT2D eigenvalue weighted by Crippen LogP contribution is -2.71. The van der Waals surface area contributed by atoms with E-state index in [9.17, 15) is 9.18 Å². The molecule has 0 spiro atoms. The highest BCUT2D eigenvalue weighted by Crippen LogP contribution is 2.70. The van der Waals surface area contributed by atoms with Crippen LogP contribution in [0.2, 0.25) is 0 Å². The number of anilines is 1. The predicted molar refractivity (Wildman–Crippen MR) is 137 cm³/mol. The maximum atomic E-state index is 14.5. The summed E-state index contributed by atoms with van der Waals surface area (Å²) in [5, 5.41) is 20.6. The van der Waals surface area contributed by atoms with Crippen LogP contribution in [0.15, 0.2) is 33.8 Å². The van der Waals surface area contributed by atoms with Crippen molar-refractivity contribution < 1.29 is 18.8 Å². The van der Waals surface area contributed by atoms with Crippen LogP contribution < -0.4 is 10.6 Å². The number of aromatic nitrogens is 2. The van der Waals surface area contributed by atoms with Gasteiger partial charge in [0.05, 0.1) is 5.41 Å². The molecule has 0 atom stereocenters. The number of halogens is 1. The molecule has 5 aliphatic carbocycles. The van der Waals surface area contributed by atoms with E-state index in [1.165, 1.54) is 6.42 Å². The Morgan fingerprint density at radius 3 is 2.62 bits per heavy atom. The van der Waals surface area contributed by atoms with E-state index >= 15 is 0 Å². The molecule has 2 bridgehead atoms. The van der Waals surface area contributed by atoms with E-state index in [4.69, 9.17) is 15.4 Å². The minimum absolute atomic E-state index is 0.0368. The Hall–Kier alpha value is -2.97. The number of amidine groups is 1. The number of nitrogens with two attached hydrogens (primary N) is 1. The zero-order valence-corrected chi connectivity index (χ0v) is 21.3. The molecule has 8 nitrogen and oxygen atoms in total. The molecule has 1 heterocycles. The SMILES string of the molecule is N/C(CCCC1(CN(C(=O)C23CC(F)(C2)C3)c2cccc(-c3nnc(C4CC4)o3)c2)CCCCC1)=N\O. The van der Waals surface area contributed by atoms with Gasteiger partial charge in [-0.3, -0.25) is 4.79 Å². The van der Waals surface area contributed by atoms with Crippen LogP contribution in [0.3, 0.4) is 0 Å². The number of benzene rings is 1. The standard InChI is InChI=1S/C28H36FN5O3/c29-28-15-27(16-28,17-28)25(35)34(18-26(11-2-1-3-12-26)13-5-8-22(30)33-36)21-7-4-6-20(14-21)24-32-31-23(37-24)19-9-10-19/h4,6-7,14,19,36H,1-3,5,8-13,15-18H2,(H2,30,33). The van der Waals surface area contributed by atoms with Crippen molar-refractivity contribution in [3.63, 3.8) is 0 Å². The van der Waals surface area contributed by atoms with Crippen molar-refractivity contribution >= 4 is 17.4 Å². The molecule has 2 aromatic rings. The van der Waals surface area contributed by atoms with Crippen LogP contribution in [0.25, 0.3) is 11.5 Å². The Kier molecular flexibility index (Phi) is 5.99. The first-order chi connectivity index (χ1) is 17.8. The zero-order chi connectivity index (χ0) is 25.7. The molecule has 0 radical (unpaired) electrons. The first-order valence-corrected chi connectivity index (χ1v) is 13.7. The van der Waals surface area contributed by atoms with Gasteiger partial charge in [-0.15, -0.1) is 10.2 Å². The van der Waals surface area contributed by atoms with Gasteiger partial charge >= 0.3 is 0 Å². The van der Waals surface area contributed by atoms with Gasteiger partial charge in [-0.1, -0.05) is 30.5 Å². The largest absolute Gasteiger partial charge is 0.420 e. The van der Waals surface area contributed by atoms with E-state index in [1.807, 2.05) is 29.2 Å². The fraction of sp³-hybridized carbons (Fsp3) is 0.643. The number of amides is 1. The lowest BCUT2D eigenvalue weighted by atomic mass is 9.41. The molecule has 5 aliphatic rings. The molecule has 5 fully saturated rings. The van der Waals surface area contributed by atoms with E-state index in [-0.39, 0.29) is 17.2 Å². The summed E-state index contributed by atoms with van der Waals surface area (Å²) in [4.78, 5) is 16.0. The van der Waals surface area contributed by atoms with Crippen LogP contribution in [-0.4, -0.2) is 39.4 Å². The average Bonchev–Trinajstić information content (AvgIpc) is 3.61. The predicted octanol–water partition coefficient (Wildman–Crippen LogP) is 5.71. The second-order valence-electron chi connectivity index (χ2n) is 12.1. The Balaban J connectivity index is 1.29. The molecule has 5 saturated carbocycles. The molecule has 0 aliphatic heterocycles. The molecule has 0 unspecified atom stereocenters. The minimum Gasteiger partial charge on any atom is -0.420 e. The number of carbonyl (C=O) groups is 1. The lowest BCUT2D eigenvalue weighted by Gasteiger charge is -2.65. The van der Waals surface area contributed by atoms with Crippen LogP contribution in [0.4, 0.5) is 10.1 Å². The molecular weight excluding hydrogens is 473 g/mol. The van der Waals surface area contributed by atoms with Crippen molar-refractivity contribution in [1.29, 1.82) is 0 Å². The molecular formula is C28H36FN5O3. The summed E-state index contributed by atoms with van der Waals surface area (Å²) < 4.78 is 20.4. The molecule has 7 rings (SSSR count). The third-order valence-corrected chi connectivity index (χ3v) is 9.11. The highest BCUT2D eigenvalue weighted by molar-refractivity contribution is 6.00. The van der Waals surface area contributed by atoms with Crippen molar-refractivity contribution in [1.82, 2.24) is 10.2 Å². The second-order valence-corrected chi connectivity index (χ2v) is 12.1. The summed E-state index contributed by atoms with van der Waals surface area (Å²) >= 11 is 0. The van der Waals surface area contributed by atoms with E-state index in [1.54, 1.807) is 0 Å². The third-order valence-electron chi connectivity index (χ3n) is 9.11. The third kappa shape index (κ3) is 4.61. The Labute approximate surface area is 216 Å². The first kappa shape index (κ1) is 24.4. The number of hydrogen-bond acceptors (Lipinski definition) is 6. The van der Waals surface area contributed by atoms with Gasteiger partial charge in [-0.05, 0) is 81.4 Å². The zero-order valence-electron chi connectivity index (χ0n) is 21.3. The summed E-state index contributed by atoms with van der Waals surface area (Å²) in [6.07, 6.45) is 10.9. The van der Waals surface area contributed by atoms with Crippen molar-refractivity contribution in [2.45, 2.75) is 95.1 Å². The molecule has 1 amide bonds. The number of nitrogens with zero attached hydrogens (tertiary/aromatic N) is 4. The highest BCUT2D eigenvalue weighted by atomic mass is 19.1. The molecule has 37 heavy (non-hydrogen) atoms.